The minimum atomic E-state index is -3.67. The van der Waals surface area contributed by atoms with Crippen LogP contribution in [0.25, 0.3) is 0 Å². The Balaban J connectivity index is 2.32. The summed E-state index contributed by atoms with van der Waals surface area (Å²) in [4.78, 5) is 12.5. The number of amides is 1. The van der Waals surface area contributed by atoms with Crippen molar-refractivity contribution >= 4 is 21.6 Å². The lowest BCUT2D eigenvalue weighted by atomic mass is 10.1. The molecule has 1 aromatic rings. The summed E-state index contributed by atoms with van der Waals surface area (Å²) >= 11 is 0. The molecule has 140 valence electrons. The Morgan fingerprint density at radius 2 is 1.72 bits per heavy atom. The number of carbonyl (C=O) groups excluding carboxylic acids is 1. The first-order chi connectivity index (χ1) is 11.6. The molecule has 1 aliphatic heterocycles. The first-order valence-corrected chi connectivity index (χ1v) is 10.2. The van der Waals surface area contributed by atoms with E-state index in [-0.39, 0.29) is 17.9 Å². The van der Waals surface area contributed by atoms with E-state index < -0.39 is 16.1 Å². The van der Waals surface area contributed by atoms with Crippen molar-refractivity contribution in [3.63, 3.8) is 0 Å². The smallest absolute Gasteiger partial charge is 0.243 e. The molecular formula is C17H26N2O5S. The van der Waals surface area contributed by atoms with Gasteiger partial charge in [0.05, 0.1) is 11.9 Å². The van der Waals surface area contributed by atoms with E-state index >= 15 is 0 Å². The molecule has 2 atom stereocenters. The van der Waals surface area contributed by atoms with Crippen molar-refractivity contribution in [3.05, 3.63) is 18.2 Å². The third-order valence-corrected chi connectivity index (χ3v) is 5.48. The number of carbonyl (C=O) groups is 1. The number of fused-ring (bicyclic) bond motifs is 1. The van der Waals surface area contributed by atoms with Crippen molar-refractivity contribution in [1.29, 1.82) is 0 Å². The molecule has 1 heterocycles. The average molecular weight is 370 g/mol. The maximum Gasteiger partial charge on any atom is 0.243 e. The Labute approximate surface area is 149 Å². The largest absolute Gasteiger partial charge is 0.486 e. The van der Waals surface area contributed by atoms with Crippen molar-refractivity contribution in [2.24, 2.45) is 5.92 Å². The molecule has 0 spiro atoms. The van der Waals surface area contributed by atoms with E-state index in [0.717, 1.165) is 10.6 Å². The molecule has 7 nitrogen and oxygen atoms in total. The fourth-order valence-corrected chi connectivity index (χ4v) is 3.66. The number of ether oxygens (including phenoxy) is 2. The summed E-state index contributed by atoms with van der Waals surface area (Å²) < 4.78 is 36.8. The Bertz CT molecular complexity index is 733. The Hall–Kier alpha value is -1.96. The van der Waals surface area contributed by atoms with Crippen LogP contribution in [0.5, 0.6) is 11.5 Å². The van der Waals surface area contributed by atoms with Crippen LogP contribution in [-0.4, -0.2) is 45.9 Å². The van der Waals surface area contributed by atoms with E-state index in [4.69, 9.17) is 9.47 Å². The predicted molar refractivity (Wildman–Crippen MR) is 96.7 cm³/mol. The summed E-state index contributed by atoms with van der Waals surface area (Å²) in [6.45, 7) is 8.30. The van der Waals surface area contributed by atoms with E-state index in [2.05, 4.69) is 5.32 Å². The van der Waals surface area contributed by atoms with Gasteiger partial charge in [-0.2, -0.15) is 0 Å². The SMILES string of the molecule is CC(C)[C@@H](C)NC(=O)[C@@H](C)N(c1ccc2c(c1)OCCO2)S(C)(=O)=O. The molecule has 8 heteroatoms. The molecule has 1 N–H and O–H groups in total. The van der Waals surface area contributed by atoms with E-state index in [9.17, 15) is 13.2 Å². The van der Waals surface area contributed by atoms with Crippen LogP contribution in [0.15, 0.2) is 18.2 Å². The van der Waals surface area contributed by atoms with Gasteiger partial charge in [0.25, 0.3) is 0 Å². The average Bonchev–Trinajstić information content (AvgIpc) is 2.53. The Morgan fingerprint density at radius 1 is 1.12 bits per heavy atom. The standard InChI is InChI=1S/C17H26N2O5S/c1-11(2)12(3)18-17(20)13(4)19(25(5,21)22)14-6-7-15-16(10-14)24-9-8-23-15/h6-7,10-13H,8-9H2,1-5H3,(H,18,20)/t12-,13-/m1/s1. The molecule has 0 saturated heterocycles. The predicted octanol–water partition coefficient (Wildman–Crippen LogP) is 1.77. The van der Waals surface area contributed by atoms with Crippen LogP contribution in [0.4, 0.5) is 5.69 Å². The fraction of sp³-hybridized carbons (Fsp3) is 0.588. The van der Waals surface area contributed by atoms with Crippen molar-refractivity contribution in [2.75, 3.05) is 23.8 Å². The summed E-state index contributed by atoms with van der Waals surface area (Å²) in [7, 11) is -3.67. The summed E-state index contributed by atoms with van der Waals surface area (Å²) in [6.07, 6.45) is 1.08. The van der Waals surface area contributed by atoms with Gasteiger partial charge in [0.15, 0.2) is 11.5 Å². The number of nitrogens with one attached hydrogen (secondary N) is 1. The van der Waals surface area contributed by atoms with Crippen LogP contribution >= 0.6 is 0 Å². The lowest BCUT2D eigenvalue weighted by Crippen LogP contribution is -2.50. The first-order valence-electron chi connectivity index (χ1n) is 8.30. The molecule has 0 bridgehead atoms. The molecule has 0 aliphatic carbocycles. The quantitative estimate of drug-likeness (QED) is 0.825. The van der Waals surface area contributed by atoms with E-state index in [1.807, 2.05) is 20.8 Å². The van der Waals surface area contributed by atoms with Gasteiger partial charge in [0.2, 0.25) is 15.9 Å². The van der Waals surface area contributed by atoms with Crippen molar-refractivity contribution < 1.29 is 22.7 Å². The molecule has 1 aromatic carbocycles. The molecule has 0 unspecified atom stereocenters. The van der Waals surface area contributed by atoms with Gasteiger partial charge in [-0.3, -0.25) is 9.10 Å². The normalized spacial score (nSPS) is 16.2. The van der Waals surface area contributed by atoms with Gasteiger partial charge in [-0.15, -0.1) is 0 Å². The van der Waals surface area contributed by atoms with Gasteiger partial charge in [-0.05, 0) is 31.9 Å². The van der Waals surface area contributed by atoms with Crippen LogP contribution in [0.1, 0.15) is 27.7 Å². The minimum absolute atomic E-state index is 0.0587. The highest BCUT2D eigenvalue weighted by Crippen LogP contribution is 2.35. The van der Waals surface area contributed by atoms with Crippen LogP contribution in [0.3, 0.4) is 0 Å². The molecule has 0 fully saturated rings. The zero-order valence-electron chi connectivity index (χ0n) is 15.3. The van der Waals surface area contributed by atoms with E-state index in [1.165, 1.54) is 0 Å². The van der Waals surface area contributed by atoms with Crippen molar-refractivity contribution in [3.8, 4) is 11.5 Å². The first kappa shape index (κ1) is 19.4. The highest BCUT2D eigenvalue weighted by molar-refractivity contribution is 7.92. The fourth-order valence-electron chi connectivity index (χ4n) is 2.49. The summed E-state index contributed by atoms with van der Waals surface area (Å²) in [5.74, 6) is 0.938. The van der Waals surface area contributed by atoms with Gasteiger partial charge < -0.3 is 14.8 Å². The Kier molecular flexibility index (Phi) is 5.82. The molecule has 25 heavy (non-hydrogen) atoms. The molecule has 2 rings (SSSR count). The molecule has 0 radical (unpaired) electrons. The molecule has 1 amide bonds. The number of nitrogens with zero attached hydrogens (tertiary/aromatic N) is 1. The monoisotopic (exact) mass is 370 g/mol. The van der Waals surface area contributed by atoms with Gasteiger partial charge in [0, 0.05) is 12.1 Å². The minimum Gasteiger partial charge on any atom is -0.486 e. The maximum absolute atomic E-state index is 12.5. The number of rotatable bonds is 6. The summed E-state index contributed by atoms with van der Waals surface area (Å²) in [5, 5.41) is 2.86. The third-order valence-electron chi connectivity index (χ3n) is 4.24. The van der Waals surface area contributed by atoms with Gasteiger partial charge >= 0.3 is 0 Å². The second-order valence-corrected chi connectivity index (χ2v) is 8.46. The number of benzene rings is 1. The van der Waals surface area contributed by atoms with Gasteiger partial charge in [0.1, 0.15) is 19.3 Å². The number of hydrogen-bond acceptors (Lipinski definition) is 5. The third kappa shape index (κ3) is 4.56. The summed E-state index contributed by atoms with van der Waals surface area (Å²) in [6, 6.07) is 3.91. The number of anilines is 1. The van der Waals surface area contributed by atoms with Gasteiger partial charge in [-0.1, -0.05) is 13.8 Å². The Morgan fingerprint density at radius 3 is 2.28 bits per heavy atom. The second-order valence-electron chi connectivity index (χ2n) is 6.60. The second kappa shape index (κ2) is 7.51. The highest BCUT2D eigenvalue weighted by Gasteiger charge is 2.31. The van der Waals surface area contributed by atoms with Crippen molar-refractivity contribution in [2.45, 2.75) is 39.8 Å². The molecular weight excluding hydrogens is 344 g/mol. The van der Waals surface area contributed by atoms with Crippen LogP contribution in [0.2, 0.25) is 0 Å². The van der Waals surface area contributed by atoms with Crippen LogP contribution in [0, 0.1) is 5.92 Å². The topological polar surface area (TPSA) is 84.9 Å². The molecule has 0 saturated carbocycles. The zero-order chi connectivity index (χ0) is 18.8. The lowest BCUT2D eigenvalue weighted by molar-refractivity contribution is -0.122. The highest BCUT2D eigenvalue weighted by atomic mass is 32.2. The lowest BCUT2D eigenvalue weighted by Gasteiger charge is -2.30. The number of sulfonamides is 1. The van der Waals surface area contributed by atoms with Gasteiger partial charge in [-0.25, -0.2) is 8.42 Å². The molecule has 1 aliphatic rings. The van der Waals surface area contributed by atoms with Crippen LogP contribution < -0.4 is 19.1 Å². The van der Waals surface area contributed by atoms with Crippen molar-refractivity contribution in [1.82, 2.24) is 5.32 Å². The van der Waals surface area contributed by atoms with E-state index in [1.54, 1.807) is 25.1 Å². The van der Waals surface area contributed by atoms with E-state index in [0.29, 0.717) is 30.4 Å². The van der Waals surface area contributed by atoms with Crippen LogP contribution in [-0.2, 0) is 14.8 Å². The molecule has 0 aromatic heterocycles. The maximum atomic E-state index is 12.5. The zero-order valence-corrected chi connectivity index (χ0v) is 16.1. The number of hydrogen-bond donors (Lipinski definition) is 1. The summed E-state index contributed by atoms with van der Waals surface area (Å²) in [5.41, 5.74) is 0.367.